The van der Waals surface area contributed by atoms with Gasteiger partial charge in [0.1, 0.15) is 22.3 Å². The van der Waals surface area contributed by atoms with Crippen LogP contribution in [0, 0.1) is 0 Å². The standard InChI is InChI=1S/C57H34N4O2/c1-3-15-35(16-4-1)36-17-11-18-38(33-36)55-58-56(45-26-14-30-51-52(45)44-22-8-10-29-50(44)62-51)60-57(59-55)46-27-13-25-43-42-24-12-23-40(53(42)63-54(43)46)37-31-32-49-47(34-37)41-21-7-9-28-48(41)61(49)39-19-5-2-6-20-39/h1-34H. The maximum absolute atomic E-state index is 7.06. The van der Waals surface area contributed by atoms with E-state index >= 15 is 0 Å². The van der Waals surface area contributed by atoms with E-state index in [0.29, 0.717) is 17.5 Å². The van der Waals surface area contributed by atoms with Crippen LogP contribution in [0.15, 0.2) is 215 Å². The van der Waals surface area contributed by atoms with Crippen LogP contribution >= 0.6 is 0 Å². The Morgan fingerprint density at radius 2 is 0.889 bits per heavy atom. The van der Waals surface area contributed by atoms with Gasteiger partial charge in [0.15, 0.2) is 17.5 Å². The summed E-state index contributed by atoms with van der Waals surface area (Å²) in [5.41, 5.74) is 13.4. The zero-order valence-corrected chi connectivity index (χ0v) is 33.7. The van der Waals surface area contributed by atoms with Crippen molar-refractivity contribution in [2.45, 2.75) is 0 Å². The largest absolute Gasteiger partial charge is 0.456 e. The zero-order chi connectivity index (χ0) is 41.4. The third-order valence-corrected chi connectivity index (χ3v) is 12.3. The second-order valence-corrected chi connectivity index (χ2v) is 15.9. The molecule has 0 aliphatic carbocycles. The Labute approximate surface area is 361 Å². The van der Waals surface area contributed by atoms with Crippen molar-refractivity contribution in [1.29, 1.82) is 0 Å². The van der Waals surface area contributed by atoms with Crippen LogP contribution in [0.2, 0.25) is 0 Å². The average molecular weight is 807 g/mol. The van der Waals surface area contributed by atoms with Crippen molar-refractivity contribution >= 4 is 65.7 Å². The summed E-state index contributed by atoms with van der Waals surface area (Å²) < 4.78 is 15.7. The molecule has 0 aliphatic rings. The molecule has 0 atom stereocenters. The van der Waals surface area contributed by atoms with E-state index in [-0.39, 0.29) is 0 Å². The van der Waals surface area contributed by atoms with Crippen LogP contribution < -0.4 is 0 Å². The van der Waals surface area contributed by atoms with Gasteiger partial charge in [-0.05, 0) is 71.3 Å². The number of furan rings is 2. The molecule has 0 bridgehead atoms. The number of nitrogens with zero attached hydrogens (tertiary/aromatic N) is 4. The second kappa shape index (κ2) is 14.0. The number of para-hydroxylation sites is 5. The Hall–Kier alpha value is -8.61. The van der Waals surface area contributed by atoms with E-state index in [0.717, 1.165) is 94.0 Å². The molecule has 6 heteroatoms. The molecule has 294 valence electrons. The maximum atomic E-state index is 7.06. The molecular formula is C57H34N4O2. The highest BCUT2D eigenvalue weighted by Gasteiger charge is 2.22. The quantitative estimate of drug-likeness (QED) is 0.167. The predicted octanol–water partition coefficient (Wildman–Crippen LogP) is 15.1. The Morgan fingerprint density at radius 1 is 0.317 bits per heavy atom. The molecule has 0 aliphatic heterocycles. The molecule has 0 fully saturated rings. The van der Waals surface area contributed by atoms with Crippen molar-refractivity contribution in [2.24, 2.45) is 0 Å². The summed E-state index contributed by atoms with van der Waals surface area (Å²) in [4.78, 5) is 15.7. The lowest BCUT2D eigenvalue weighted by Gasteiger charge is -2.10. The van der Waals surface area contributed by atoms with Crippen LogP contribution in [-0.4, -0.2) is 19.5 Å². The van der Waals surface area contributed by atoms with Gasteiger partial charge in [-0.15, -0.1) is 0 Å². The fourth-order valence-corrected chi connectivity index (χ4v) is 9.39. The molecule has 0 amide bonds. The van der Waals surface area contributed by atoms with Crippen molar-refractivity contribution in [1.82, 2.24) is 19.5 Å². The van der Waals surface area contributed by atoms with Gasteiger partial charge in [0.2, 0.25) is 0 Å². The molecule has 0 saturated heterocycles. The number of hydrogen-bond donors (Lipinski definition) is 0. The lowest BCUT2D eigenvalue weighted by molar-refractivity contribution is 0.669. The SMILES string of the molecule is c1ccc(-c2cccc(-c3nc(-c4cccc5c4oc4c(-c6ccc7c(c6)c6ccccc6n7-c6ccccc6)cccc45)nc(-c4cccc5oc6ccccc6c45)n3)c2)cc1. The number of benzene rings is 9. The van der Waals surface area contributed by atoms with Crippen molar-refractivity contribution < 1.29 is 8.83 Å². The van der Waals surface area contributed by atoms with Gasteiger partial charge >= 0.3 is 0 Å². The summed E-state index contributed by atoms with van der Waals surface area (Å²) in [6.07, 6.45) is 0. The van der Waals surface area contributed by atoms with Crippen molar-refractivity contribution in [3.05, 3.63) is 206 Å². The van der Waals surface area contributed by atoms with E-state index in [2.05, 4.69) is 168 Å². The van der Waals surface area contributed by atoms with E-state index in [1.165, 1.54) is 16.3 Å². The van der Waals surface area contributed by atoms with Crippen LogP contribution in [0.5, 0.6) is 0 Å². The van der Waals surface area contributed by atoms with Crippen LogP contribution in [0.1, 0.15) is 0 Å². The lowest BCUT2D eigenvalue weighted by Crippen LogP contribution is -2.00. The molecule has 6 nitrogen and oxygen atoms in total. The summed E-state index contributed by atoms with van der Waals surface area (Å²) in [7, 11) is 0. The Balaban J connectivity index is 1.02. The van der Waals surface area contributed by atoms with E-state index in [9.17, 15) is 0 Å². The monoisotopic (exact) mass is 806 g/mol. The van der Waals surface area contributed by atoms with Crippen molar-refractivity contribution in [3.63, 3.8) is 0 Å². The minimum Gasteiger partial charge on any atom is -0.456 e. The number of rotatable bonds is 6. The van der Waals surface area contributed by atoms with Gasteiger partial charge in [-0.1, -0.05) is 152 Å². The minimum absolute atomic E-state index is 0.520. The van der Waals surface area contributed by atoms with Crippen LogP contribution in [0.3, 0.4) is 0 Å². The maximum Gasteiger partial charge on any atom is 0.167 e. The van der Waals surface area contributed by atoms with Crippen LogP contribution in [0.25, 0.3) is 128 Å². The van der Waals surface area contributed by atoms with Crippen LogP contribution in [0.4, 0.5) is 0 Å². The topological polar surface area (TPSA) is 69.9 Å². The fourth-order valence-electron chi connectivity index (χ4n) is 9.39. The average Bonchev–Trinajstić information content (AvgIpc) is 4.04. The number of hydrogen-bond acceptors (Lipinski definition) is 5. The van der Waals surface area contributed by atoms with Gasteiger partial charge < -0.3 is 13.4 Å². The van der Waals surface area contributed by atoms with Crippen molar-refractivity contribution in [3.8, 4) is 62.1 Å². The Kier molecular flexibility index (Phi) is 7.80. The first-order valence-electron chi connectivity index (χ1n) is 21.1. The molecule has 0 radical (unpaired) electrons. The molecule has 13 rings (SSSR count). The molecule has 0 saturated carbocycles. The van der Waals surface area contributed by atoms with Gasteiger partial charge in [-0.25, -0.2) is 15.0 Å². The molecule has 4 heterocycles. The zero-order valence-electron chi connectivity index (χ0n) is 33.7. The summed E-state index contributed by atoms with van der Waals surface area (Å²) in [5.74, 6) is 1.63. The summed E-state index contributed by atoms with van der Waals surface area (Å²) in [5, 5.41) is 6.37. The van der Waals surface area contributed by atoms with Gasteiger partial charge in [0, 0.05) is 54.7 Å². The van der Waals surface area contributed by atoms with Gasteiger partial charge in [-0.2, -0.15) is 0 Å². The first kappa shape index (κ1) is 35.2. The second-order valence-electron chi connectivity index (χ2n) is 15.9. The van der Waals surface area contributed by atoms with Crippen molar-refractivity contribution in [2.75, 3.05) is 0 Å². The first-order valence-corrected chi connectivity index (χ1v) is 21.1. The Morgan fingerprint density at radius 3 is 1.73 bits per heavy atom. The van der Waals surface area contributed by atoms with Gasteiger partial charge in [-0.3, -0.25) is 0 Å². The lowest BCUT2D eigenvalue weighted by atomic mass is 10.00. The van der Waals surface area contributed by atoms with Crippen LogP contribution in [-0.2, 0) is 0 Å². The third-order valence-electron chi connectivity index (χ3n) is 12.3. The van der Waals surface area contributed by atoms with Gasteiger partial charge in [0.05, 0.1) is 16.6 Å². The molecule has 9 aromatic carbocycles. The molecule has 13 aromatic rings. The molecule has 4 aromatic heterocycles. The van der Waals surface area contributed by atoms with E-state index < -0.39 is 0 Å². The highest BCUT2D eigenvalue weighted by atomic mass is 16.3. The molecule has 63 heavy (non-hydrogen) atoms. The third kappa shape index (κ3) is 5.62. The normalized spacial score (nSPS) is 11.8. The molecule has 0 spiro atoms. The first-order chi connectivity index (χ1) is 31.2. The van der Waals surface area contributed by atoms with Gasteiger partial charge in [0.25, 0.3) is 0 Å². The highest BCUT2D eigenvalue weighted by molar-refractivity contribution is 6.15. The molecule has 0 unspecified atom stereocenters. The minimum atomic E-state index is 0.520. The van der Waals surface area contributed by atoms with E-state index in [4.69, 9.17) is 23.8 Å². The Bertz CT molecular complexity index is 3920. The number of aromatic nitrogens is 4. The summed E-state index contributed by atoms with van der Waals surface area (Å²) in [6.45, 7) is 0. The molecular weight excluding hydrogens is 773 g/mol. The predicted molar refractivity (Wildman–Crippen MR) is 256 cm³/mol. The van der Waals surface area contributed by atoms with E-state index in [1.54, 1.807) is 0 Å². The summed E-state index contributed by atoms with van der Waals surface area (Å²) >= 11 is 0. The van der Waals surface area contributed by atoms with E-state index in [1.807, 2.05) is 42.5 Å². The summed E-state index contributed by atoms with van der Waals surface area (Å²) in [6, 6.07) is 71.5. The molecule has 0 N–H and O–H groups in total. The fraction of sp³-hybridized carbons (Fsp3) is 0. The highest BCUT2D eigenvalue weighted by Crippen LogP contribution is 2.43. The number of fused-ring (bicyclic) bond motifs is 9. The smallest absolute Gasteiger partial charge is 0.167 e.